The van der Waals surface area contributed by atoms with Crippen molar-refractivity contribution in [1.82, 2.24) is 0 Å². The Bertz CT molecular complexity index is 302. The third-order valence-electron chi connectivity index (χ3n) is 1.81. The summed E-state index contributed by atoms with van der Waals surface area (Å²) in [5, 5.41) is 0. The summed E-state index contributed by atoms with van der Waals surface area (Å²) < 4.78 is 11.1. The first-order valence-corrected chi connectivity index (χ1v) is 5.31. The van der Waals surface area contributed by atoms with Gasteiger partial charge in [0.05, 0.1) is 14.2 Å². The van der Waals surface area contributed by atoms with Gasteiger partial charge in [0.1, 0.15) is 11.5 Å². The molecule has 0 saturated heterocycles. The first-order valence-electron chi connectivity index (χ1n) is 3.79. The van der Waals surface area contributed by atoms with E-state index in [4.69, 9.17) is 15.2 Å². The van der Waals surface area contributed by atoms with Gasteiger partial charge in [0.25, 0.3) is 0 Å². The molecule has 0 radical (unpaired) electrons. The number of hydrogen-bond donors (Lipinski definition) is 1. The molecule has 0 spiro atoms. The van der Waals surface area contributed by atoms with Crippen molar-refractivity contribution in [2.45, 2.75) is 4.43 Å². The first-order chi connectivity index (χ1) is 6.22. The predicted molar refractivity (Wildman–Crippen MR) is 61.7 cm³/mol. The number of methoxy groups -OCH3 is 2. The molecule has 0 saturated carbocycles. The highest BCUT2D eigenvalue weighted by molar-refractivity contribution is 14.1. The van der Waals surface area contributed by atoms with Crippen molar-refractivity contribution in [1.29, 1.82) is 0 Å². The van der Waals surface area contributed by atoms with Crippen molar-refractivity contribution in [3.8, 4) is 11.5 Å². The number of benzene rings is 1. The second kappa shape index (κ2) is 4.55. The lowest BCUT2D eigenvalue weighted by Crippen LogP contribution is -1.97. The van der Waals surface area contributed by atoms with Gasteiger partial charge in [0.2, 0.25) is 0 Å². The molecule has 0 bridgehead atoms. The van der Waals surface area contributed by atoms with Gasteiger partial charge in [-0.15, -0.1) is 0 Å². The number of hydrogen-bond acceptors (Lipinski definition) is 3. The number of nitrogen functional groups attached to an aromatic ring is 1. The maximum absolute atomic E-state index is 5.82. The summed E-state index contributed by atoms with van der Waals surface area (Å²) in [5.41, 5.74) is 7.55. The van der Waals surface area contributed by atoms with Crippen molar-refractivity contribution < 1.29 is 9.47 Å². The predicted octanol–water partition coefficient (Wildman–Crippen LogP) is 2.22. The van der Waals surface area contributed by atoms with Gasteiger partial charge in [-0.3, -0.25) is 0 Å². The Hall–Kier alpha value is -0.650. The van der Waals surface area contributed by atoms with E-state index in [1.165, 1.54) is 0 Å². The Labute approximate surface area is 91.4 Å². The maximum atomic E-state index is 5.82. The van der Waals surface area contributed by atoms with Gasteiger partial charge in [-0.2, -0.15) is 0 Å². The van der Waals surface area contributed by atoms with Crippen LogP contribution in [0.4, 0.5) is 5.69 Å². The lowest BCUT2D eigenvalue weighted by atomic mass is 10.2. The SMILES string of the molecule is COc1cc(N)c(CI)c(OC)c1. The van der Waals surface area contributed by atoms with Crippen LogP contribution in [-0.2, 0) is 4.43 Å². The minimum atomic E-state index is 0.714. The Kier molecular flexibility index (Phi) is 3.65. The molecule has 0 amide bonds. The smallest absolute Gasteiger partial charge is 0.128 e. The van der Waals surface area contributed by atoms with Crippen molar-refractivity contribution >= 4 is 28.3 Å². The van der Waals surface area contributed by atoms with Crippen LogP contribution < -0.4 is 15.2 Å². The molecule has 0 aliphatic carbocycles. The average Bonchev–Trinajstić information content (AvgIpc) is 2.16. The van der Waals surface area contributed by atoms with Gasteiger partial charge in [-0.05, 0) is 0 Å². The Balaban J connectivity index is 3.20. The van der Waals surface area contributed by atoms with Crippen LogP contribution in [0.3, 0.4) is 0 Å². The van der Waals surface area contributed by atoms with Crippen molar-refractivity contribution in [3.05, 3.63) is 17.7 Å². The molecular formula is C9H12INO2. The zero-order valence-electron chi connectivity index (χ0n) is 7.63. The van der Waals surface area contributed by atoms with Crippen LogP contribution in [0, 0.1) is 0 Å². The summed E-state index contributed by atoms with van der Waals surface area (Å²) in [6.45, 7) is 0. The topological polar surface area (TPSA) is 44.5 Å². The highest BCUT2D eigenvalue weighted by Gasteiger charge is 2.08. The zero-order valence-corrected chi connectivity index (χ0v) is 9.79. The number of ether oxygens (including phenoxy) is 2. The largest absolute Gasteiger partial charge is 0.497 e. The highest BCUT2D eigenvalue weighted by Crippen LogP contribution is 2.31. The molecule has 0 fully saturated rings. The van der Waals surface area contributed by atoms with E-state index in [0.717, 1.165) is 21.5 Å². The molecule has 72 valence electrons. The van der Waals surface area contributed by atoms with Gasteiger partial charge < -0.3 is 15.2 Å². The maximum Gasteiger partial charge on any atom is 0.128 e. The number of halogens is 1. The summed E-state index contributed by atoms with van der Waals surface area (Å²) in [7, 11) is 3.24. The van der Waals surface area contributed by atoms with Crippen LogP contribution in [0.2, 0.25) is 0 Å². The number of alkyl halides is 1. The quantitative estimate of drug-likeness (QED) is 0.528. The molecule has 1 rings (SSSR count). The van der Waals surface area contributed by atoms with Gasteiger partial charge >= 0.3 is 0 Å². The van der Waals surface area contributed by atoms with Gasteiger partial charge in [0, 0.05) is 27.8 Å². The Morgan fingerprint density at radius 3 is 2.46 bits per heavy atom. The van der Waals surface area contributed by atoms with E-state index in [9.17, 15) is 0 Å². The monoisotopic (exact) mass is 293 g/mol. The van der Waals surface area contributed by atoms with Crippen LogP contribution >= 0.6 is 22.6 Å². The number of anilines is 1. The van der Waals surface area contributed by atoms with E-state index in [-0.39, 0.29) is 0 Å². The normalized spacial score (nSPS) is 9.77. The van der Waals surface area contributed by atoms with Crippen LogP contribution in [0.1, 0.15) is 5.56 Å². The van der Waals surface area contributed by atoms with E-state index in [2.05, 4.69) is 22.6 Å². The molecule has 0 aromatic heterocycles. The van der Waals surface area contributed by atoms with Crippen molar-refractivity contribution in [2.24, 2.45) is 0 Å². The van der Waals surface area contributed by atoms with Crippen LogP contribution in [-0.4, -0.2) is 14.2 Å². The molecule has 0 aliphatic heterocycles. The second-order valence-electron chi connectivity index (χ2n) is 2.53. The molecule has 2 N–H and O–H groups in total. The fourth-order valence-electron chi connectivity index (χ4n) is 1.08. The fourth-order valence-corrected chi connectivity index (χ4v) is 1.90. The molecule has 0 aliphatic rings. The van der Waals surface area contributed by atoms with Gasteiger partial charge in [-0.1, -0.05) is 22.6 Å². The third kappa shape index (κ3) is 2.18. The molecule has 1 aromatic carbocycles. The lowest BCUT2D eigenvalue weighted by molar-refractivity contribution is 0.393. The Morgan fingerprint density at radius 1 is 1.31 bits per heavy atom. The average molecular weight is 293 g/mol. The molecule has 0 atom stereocenters. The number of nitrogens with two attached hydrogens (primary N) is 1. The van der Waals surface area contributed by atoms with Crippen molar-refractivity contribution in [2.75, 3.05) is 20.0 Å². The number of rotatable bonds is 3. The van der Waals surface area contributed by atoms with E-state index < -0.39 is 0 Å². The van der Waals surface area contributed by atoms with Crippen molar-refractivity contribution in [3.63, 3.8) is 0 Å². The molecule has 13 heavy (non-hydrogen) atoms. The van der Waals surface area contributed by atoms with Crippen LogP contribution in [0.15, 0.2) is 12.1 Å². The fraction of sp³-hybridized carbons (Fsp3) is 0.333. The third-order valence-corrected chi connectivity index (χ3v) is 2.57. The Morgan fingerprint density at radius 2 is 2.00 bits per heavy atom. The summed E-state index contributed by atoms with van der Waals surface area (Å²) >= 11 is 2.25. The summed E-state index contributed by atoms with van der Waals surface area (Å²) in [6, 6.07) is 3.64. The zero-order chi connectivity index (χ0) is 9.84. The molecule has 1 aromatic rings. The molecular weight excluding hydrogens is 281 g/mol. The molecule has 4 heteroatoms. The minimum Gasteiger partial charge on any atom is -0.497 e. The molecule has 0 unspecified atom stereocenters. The molecule has 3 nitrogen and oxygen atoms in total. The van der Waals surface area contributed by atoms with E-state index in [1.54, 1.807) is 20.3 Å². The summed E-state index contributed by atoms with van der Waals surface area (Å²) in [4.78, 5) is 0. The molecule has 0 heterocycles. The van der Waals surface area contributed by atoms with Gasteiger partial charge in [-0.25, -0.2) is 0 Å². The van der Waals surface area contributed by atoms with Gasteiger partial charge in [0.15, 0.2) is 0 Å². The lowest BCUT2D eigenvalue weighted by Gasteiger charge is -2.11. The van der Waals surface area contributed by atoms with E-state index in [1.807, 2.05) is 6.07 Å². The first kappa shape index (κ1) is 10.4. The minimum absolute atomic E-state index is 0.714. The summed E-state index contributed by atoms with van der Waals surface area (Å²) in [6.07, 6.45) is 0. The highest BCUT2D eigenvalue weighted by atomic mass is 127. The second-order valence-corrected chi connectivity index (χ2v) is 3.29. The summed E-state index contributed by atoms with van der Waals surface area (Å²) in [5.74, 6) is 1.51. The van der Waals surface area contributed by atoms with Crippen LogP contribution in [0.25, 0.3) is 0 Å². The van der Waals surface area contributed by atoms with E-state index >= 15 is 0 Å². The standard InChI is InChI=1S/C9H12INO2/c1-12-6-3-8(11)7(5-10)9(4-6)13-2/h3-4H,5,11H2,1-2H3. The van der Waals surface area contributed by atoms with E-state index in [0.29, 0.717) is 5.69 Å². The van der Waals surface area contributed by atoms with Crippen LogP contribution in [0.5, 0.6) is 11.5 Å².